The number of rotatable bonds is 9. The van der Waals surface area contributed by atoms with E-state index in [1.807, 2.05) is 24.0 Å². The van der Waals surface area contributed by atoms with Crippen molar-refractivity contribution in [3.8, 4) is 23.0 Å². The maximum atomic E-state index is 8.59. The van der Waals surface area contributed by atoms with Gasteiger partial charge in [-0.1, -0.05) is 26.7 Å². The van der Waals surface area contributed by atoms with E-state index in [0.29, 0.717) is 19.7 Å². The number of benzene rings is 2. The highest BCUT2D eigenvalue weighted by Gasteiger charge is 2.23. The smallest absolute Gasteiger partial charge is 0.284 e. The van der Waals surface area contributed by atoms with Gasteiger partial charge in [-0.05, 0) is 66.3 Å². The first kappa shape index (κ1) is 22.1. The molecule has 0 spiro atoms. The van der Waals surface area contributed by atoms with Crippen LogP contribution in [0.15, 0.2) is 24.3 Å². The zero-order valence-electron chi connectivity index (χ0n) is 19.2. The Balaban J connectivity index is 1.65. The molecule has 2 aromatic rings. The second-order valence-corrected chi connectivity index (χ2v) is 8.04. The Hall–Kier alpha value is -3.09. The van der Waals surface area contributed by atoms with Crippen molar-refractivity contribution in [1.82, 2.24) is 4.90 Å². The number of ether oxygens (including phenoxy) is 5. The van der Waals surface area contributed by atoms with Crippen molar-refractivity contribution in [1.29, 1.82) is 5.41 Å². The molecule has 0 unspecified atom stereocenters. The van der Waals surface area contributed by atoms with E-state index in [1.165, 1.54) is 11.1 Å². The maximum absolute atomic E-state index is 8.59. The first-order chi connectivity index (χ1) is 15.6. The third-order valence-electron chi connectivity index (χ3n) is 5.72. The molecule has 32 heavy (non-hydrogen) atoms. The Labute approximate surface area is 189 Å². The lowest BCUT2D eigenvalue weighted by Crippen LogP contribution is -2.32. The largest absolute Gasteiger partial charge is 0.466 e. The van der Waals surface area contributed by atoms with Gasteiger partial charge in [0, 0.05) is 13.1 Å². The molecule has 4 rings (SSSR count). The van der Waals surface area contributed by atoms with Gasteiger partial charge < -0.3 is 28.6 Å². The van der Waals surface area contributed by atoms with Crippen molar-refractivity contribution in [3.05, 3.63) is 46.5 Å². The van der Waals surface area contributed by atoms with Crippen molar-refractivity contribution in [2.75, 3.05) is 20.2 Å². The van der Waals surface area contributed by atoms with Crippen LogP contribution in [-0.4, -0.2) is 31.1 Å². The molecule has 0 fully saturated rings. The Morgan fingerprint density at radius 2 is 1.16 bits per heavy atom. The van der Waals surface area contributed by atoms with Crippen molar-refractivity contribution in [3.63, 3.8) is 0 Å². The minimum atomic E-state index is 0.160. The molecule has 172 valence electrons. The van der Waals surface area contributed by atoms with Crippen LogP contribution in [0.3, 0.4) is 0 Å². The molecule has 7 heteroatoms. The molecule has 0 atom stereocenters. The number of nitrogens with zero attached hydrogens (tertiary/aromatic N) is 1. The summed E-state index contributed by atoms with van der Waals surface area (Å²) in [5.41, 5.74) is 4.67. The molecular formula is C25H32N2O5. The molecule has 0 aliphatic carbocycles. The Morgan fingerprint density at radius 3 is 1.53 bits per heavy atom. The first-order valence-corrected chi connectivity index (χ1v) is 11.4. The van der Waals surface area contributed by atoms with Crippen LogP contribution < -0.4 is 18.9 Å². The van der Waals surface area contributed by atoms with Crippen molar-refractivity contribution in [2.24, 2.45) is 0 Å². The Kier molecular flexibility index (Phi) is 6.93. The van der Waals surface area contributed by atoms with Gasteiger partial charge in [0.2, 0.25) is 13.6 Å². The Morgan fingerprint density at radius 1 is 0.750 bits per heavy atom. The van der Waals surface area contributed by atoms with Gasteiger partial charge in [0.15, 0.2) is 23.0 Å². The maximum Gasteiger partial charge on any atom is 0.284 e. The SMILES string of the molecule is CCCc1cc2c(cc1CN(Cc1cc3c(cc1CCC)OCO3)C(=N)OCC)OCO2. The van der Waals surface area contributed by atoms with Gasteiger partial charge in [-0.15, -0.1) is 0 Å². The molecule has 0 amide bonds. The predicted molar refractivity (Wildman–Crippen MR) is 122 cm³/mol. The van der Waals surface area contributed by atoms with Gasteiger partial charge in [-0.2, -0.15) is 0 Å². The van der Waals surface area contributed by atoms with Crippen LogP contribution in [0.2, 0.25) is 0 Å². The minimum Gasteiger partial charge on any atom is -0.466 e. The van der Waals surface area contributed by atoms with E-state index in [2.05, 4.69) is 26.0 Å². The number of amidine groups is 1. The summed E-state index contributed by atoms with van der Waals surface area (Å²) in [6, 6.07) is 8.41. The second kappa shape index (κ2) is 10.0. The van der Waals surface area contributed by atoms with E-state index in [4.69, 9.17) is 29.1 Å². The topological polar surface area (TPSA) is 73.2 Å². The van der Waals surface area contributed by atoms with E-state index in [0.717, 1.165) is 59.8 Å². The van der Waals surface area contributed by atoms with Crippen LogP contribution in [0, 0.1) is 5.41 Å². The molecular weight excluding hydrogens is 408 g/mol. The second-order valence-electron chi connectivity index (χ2n) is 8.04. The van der Waals surface area contributed by atoms with Crippen LogP contribution in [0.5, 0.6) is 23.0 Å². The highest BCUT2D eigenvalue weighted by atomic mass is 16.7. The van der Waals surface area contributed by atoms with Crippen LogP contribution in [0.1, 0.15) is 55.9 Å². The summed E-state index contributed by atoms with van der Waals surface area (Å²) in [5, 5.41) is 8.59. The minimum absolute atomic E-state index is 0.160. The van der Waals surface area contributed by atoms with Gasteiger partial charge in [-0.3, -0.25) is 5.41 Å². The number of aryl methyl sites for hydroxylation is 2. The van der Waals surface area contributed by atoms with Crippen LogP contribution in [-0.2, 0) is 30.7 Å². The Bertz CT molecular complexity index is 906. The first-order valence-electron chi connectivity index (χ1n) is 11.4. The van der Waals surface area contributed by atoms with Crippen LogP contribution in [0.25, 0.3) is 0 Å². The normalized spacial score (nSPS) is 13.3. The zero-order valence-corrected chi connectivity index (χ0v) is 19.2. The summed E-state index contributed by atoms with van der Waals surface area (Å²) in [6.45, 7) is 8.27. The summed E-state index contributed by atoms with van der Waals surface area (Å²) >= 11 is 0. The summed E-state index contributed by atoms with van der Waals surface area (Å²) in [6.07, 6.45) is 3.93. The van der Waals surface area contributed by atoms with Crippen LogP contribution in [0.4, 0.5) is 0 Å². The third kappa shape index (κ3) is 4.71. The van der Waals surface area contributed by atoms with E-state index in [1.54, 1.807) is 0 Å². The molecule has 2 aliphatic rings. The van der Waals surface area contributed by atoms with Gasteiger partial charge in [0.25, 0.3) is 6.02 Å². The van der Waals surface area contributed by atoms with Crippen LogP contribution >= 0.6 is 0 Å². The van der Waals surface area contributed by atoms with Crippen molar-refractivity contribution >= 4 is 6.02 Å². The van der Waals surface area contributed by atoms with E-state index in [-0.39, 0.29) is 19.6 Å². The predicted octanol–water partition coefficient (Wildman–Crippen LogP) is 5.02. The lowest BCUT2D eigenvalue weighted by molar-refractivity contribution is 0.173. The molecule has 0 saturated heterocycles. The third-order valence-corrected chi connectivity index (χ3v) is 5.72. The summed E-state index contributed by atoms with van der Waals surface area (Å²) < 4.78 is 28.0. The molecule has 0 saturated carbocycles. The fourth-order valence-corrected chi connectivity index (χ4v) is 4.19. The number of fused-ring (bicyclic) bond motifs is 2. The van der Waals surface area contributed by atoms with Crippen molar-refractivity contribution in [2.45, 2.75) is 59.5 Å². The van der Waals surface area contributed by atoms with E-state index in [9.17, 15) is 0 Å². The molecule has 0 radical (unpaired) electrons. The number of hydrogen-bond acceptors (Lipinski definition) is 6. The van der Waals surface area contributed by atoms with Gasteiger partial charge in [0.1, 0.15) is 0 Å². The van der Waals surface area contributed by atoms with E-state index < -0.39 is 0 Å². The molecule has 0 bridgehead atoms. The highest BCUT2D eigenvalue weighted by Crippen LogP contribution is 2.38. The molecule has 0 aromatic heterocycles. The number of hydrogen-bond donors (Lipinski definition) is 1. The molecule has 1 N–H and O–H groups in total. The van der Waals surface area contributed by atoms with Gasteiger partial charge >= 0.3 is 0 Å². The highest BCUT2D eigenvalue weighted by molar-refractivity contribution is 5.70. The monoisotopic (exact) mass is 440 g/mol. The standard InChI is InChI=1S/C25H32N2O5/c1-4-7-17-9-21-23(31-15-29-21)11-19(17)13-27(25(26)28-6-3)14-20-12-24-22(30-16-32-24)10-18(20)8-5-2/h9-12,26H,4-8,13-16H2,1-3H3. The van der Waals surface area contributed by atoms with E-state index >= 15 is 0 Å². The van der Waals surface area contributed by atoms with Gasteiger partial charge in [0.05, 0.1) is 6.61 Å². The molecule has 2 heterocycles. The fourth-order valence-electron chi connectivity index (χ4n) is 4.19. The molecule has 7 nitrogen and oxygen atoms in total. The fraction of sp³-hybridized carbons (Fsp3) is 0.480. The number of nitrogens with one attached hydrogen (secondary N) is 1. The quantitative estimate of drug-likeness (QED) is 0.436. The average molecular weight is 441 g/mol. The summed E-state index contributed by atoms with van der Waals surface area (Å²) in [7, 11) is 0. The zero-order chi connectivity index (χ0) is 22.5. The summed E-state index contributed by atoms with van der Waals surface area (Å²) in [4.78, 5) is 1.97. The lowest BCUT2D eigenvalue weighted by atomic mass is 9.99. The van der Waals surface area contributed by atoms with Gasteiger partial charge in [-0.25, -0.2) is 0 Å². The average Bonchev–Trinajstić information content (AvgIpc) is 3.42. The molecule has 2 aliphatic heterocycles. The lowest BCUT2D eigenvalue weighted by Gasteiger charge is -2.27. The van der Waals surface area contributed by atoms with Crippen molar-refractivity contribution < 1.29 is 23.7 Å². The summed E-state index contributed by atoms with van der Waals surface area (Å²) in [5.74, 6) is 3.12. The molecule has 2 aromatic carbocycles.